The number of benzene rings is 1. The standard InChI is InChI=1S/C24H34N4O5/c1-24(2,3)33-23(32)26-15-17-9-11-18(12-10-17)21(29)27-20(22(30)31)8-5-13-25-16-19-7-6-14-28(19)4/h6-7,9-12,14,20,25H,5,8,13,15-16H2,1-4H3,(H,26,32)(H,27,29)(H,30,31)/t20-/m0/s1. The number of hydrogen-bond acceptors (Lipinski definition) is 5. The molecular formula is C24H34N4O5. The van der Waals surface area contributed by atoms with Crippen LogP contribution >= 0.6 is 0 Å². The monoisotopic (exact) mass is 458 g/mol. The third kappa shape index (κ3) is 9.36. The van der Waals surface area contributed by atoms with Gasteiger partial charge in [-0.2, -0.15) is 0 Å². The van der Waals surface area contributed by atoms with E-state index in [1.807, 2.05) is 29.9 Å². The summed E-state index contributed by atoms with van der Waals surface area (Å²) in [6.45, 7) is 6.94. The summed E-state index contributed by atoms with van der Waals surface area (Å²) in [5.74, 6) is -1.52. The number of aromatic nitrogens is 1. The maximum absolute atomic E-state index is 12.5. The molecule has 33 heavy (non-hydrogen) atoms. The minimum atomic E-state index is -1.07. The lowest BCUT2D eigenvalue weighted by molar-refractivity contribution is -0.139. The van der Waals surface area contributed by atoms with Crippen LogP contribution in [0.3, 0.4) is 0 Å². The molecule has 0 aliphatic rings. The van der Waals surface area contributed by atoms with Gasteiger partial charge in [-0.25, -0.2) is 9.59 Å². The van der Waals surface area contributed by atoms with E-state index < -0.39 is 29.6 Å². The molecule has 0 unspecified atom stereocenters. The molecule has 9 heteroatoms. The molecule has 2 amide bonds. The van der Waals surface area contributed by atoms with Crippen molar-refractivity contribution in [2.24, 2.45) is 7.05 Å². The van der Waals surface area contributed by atoms with Gasteiger partial charge in [0, 0.05) is 37.6 Å². The molecule has 2 rings (SSSR count). The number of nitrogens with zero attached hydrogens (tertiary/aromatic N) is 1. The van der Waals surface area contributed by atoms with Crippen molar-refractivity contribution in [3.05, 3.63) is 59.4 Å². The van der Waals surface area contributed by atoms with E-state index in [4.69, 9.17) is 4.74 Å². The molecule has 9 nitrogen and oxygen atoms in total. The Morgan fingerprint density at radius 3 is 2.36 bits per heavy atom. The highest BCUT2D eigenvalue weighted by molar-refractivity contribution is 5.96. The Morgan fingerprint density at radius 1 is 1.09 bits per heavy atom. The van der Waals surface area contributed by atoms with Gasteiger partial charge in [0.1, 0.15) is 11.6 Å². The van der Waals surface area contributed by atoms with Crippen LogP contribution in [0.2, 0.25) is 0 Å². The fourth-order valence-electron chi connectivity index (χ4n) is 3.09. The van der Waals surface area contributed by atoms with Gasteiger partial charge in [0.15, 0.2) is 0 Å². The normalized spacial score (nSPS) is 12.1. The molecule has 180 valence electrons. The van der Waals surface area contributed by atoms with Crippen LogP contribution in [0, 0.1) is 0 Å². The topological polar surface area (TPSA) is 122 Å². The molecule has 0 fully saturated rings. The third-order valence-corrected chi connectivity index (χ3v) is 4.86. The molecule has 0 bridgehead atoms. The van der Waals surface area contributed by atoms with Gasteiger partial charge in [-0.05, 0) is 70.0 Å². The molecule has 2 aromatic rings. The molecule has 1 aromatic heterocycles. The third-order valence-electron chi connectivity index (χ3n) is 4.86. The van der Waals surface area contributed by atoms with Gasteiger partial charge in [0.05, 0.1) is 0 Å². The van der Waals surface area contributed by atoms with Crippen molar-refractivity contribution in [2.75, 3.05) is 6.54 Å². The molecule has 0 spiro atoms. The number of carboxylic acids is 1. The highest BCUT2D eigenvalue weighted by Gasteiger charge is 2.20. The zero-order valence-electron chi connectivity index (χ0n) is 19.7. The second kappa shape index (κ2) is 12.1. The van der Waals surface area contributed by atoms with Crippen molar-refractivity contribution >= 4 is 18.0 Å². The number of aryl methyl sites for hydroxylation is 1. The second-order valence-electron chi connectivity index (χ2n) is 8.85. The fourth-order valence-corrected chi connectivity index (χ4v) is 3.09. The van der Waals surface area contributed by atoms with E-state index in [1.165, 1.54) is 0 Å². The van der Waals surface area contributed by atoms with E-state index in [0.29, 0.717) is 31.5 Å². The van der Waals surface area contributed by atoms with Crippen LogP contribution in [0.15, 0.2) is 42.6 Å². The number of carbonyl (C=O) groups is 3. The lowest BCUT2D eigenvalue weighted by Crippen LogP contribution is -2.41. The molecular weight excluding hydrogens is 424 g/mol. The van der Waals surface area contributed by atoms with Gasteiger partial charge in [0.2, 0.25) is 0 Å². The Bertz CT molecular complexity index is 931. The van der Waals surface area contributed by atoms with Crippen molar-refractivity contribution in [1.82, 2.24) is 20.5 Å². The van der Waals surface area contributed by atoms with Gasteiger partial charge in [-0.15, -0.1) is 0 Å². The van der Waals surface area contributed by atoms with Crippen molar-refractivity contribution < 1.29 is 24.2 Å². The van der Waals surface area contributed by atoms with Gasteiger partial charge in [0.25, 0.3) is 5.91 Å². The van der Waals surface area contributed by atoms with E-state index in [1.54, 1.807) is 45.0 Å². The Hall–Kier alpha value is -3.33. The summed E-state index contributed by atoms with van der Waals surface area (Å²) in [6, 6.07) is 9.63. The summed E-state index contributed by atoms with van der Waals surface area (Å²) >= 11 is 0. The fraction of sp³-hybridized carbons (Fsp3) is 0.458. The quantitative estimate of drug-likeness (QED) is 0.384. The van der Waals surface area contributed by atoms with Crippen LogP contribution in [-0.4, -0.2) is 45.8 Å². The maximum Gasteiger partial charge on any atom is 0.407 e. The molecule has 0 radical (unpaired) electrons. The van der Waals surface area contributed by atoms with Crippen LogP contribution in [0.5, 0.6) is 0 Å². The van der Waals surface area contributed by atoms with E-state index in [9.17, 15) is 19.5 Å². The molecule has 1 aromatic carbocycles. The first-order valence-corrected chi connectivity index (χ1v) is 11.0. The predicted octanol–water partition coefficient (Wildman–Crippen LogP) is 2.80. The minimum Gasteiger partial charge on any atom is -0.480 e. The number of carboxylic acid groups (broad SMARTS) is 1. The molecule has 1 heterocycles. The first-order chi connectivity index (χ1) is 15.5. The van der Waals surface area contributed by atoms with Gasteiger partial charge >= 0.3 is 12.1 Å². The number of amides is 2. The Kier molecular flexibility index (Phi) is 9.47. The molecule has 0 saturated carbocycles. The van der Waals surface area contributed by atoms with Crippen LogP contribution in [0.25, 0.3) is 0 Å². The lowest BCUT2D eigenvalue weighted by Gasteiger charge is -2.19. The number of nitrogens with one attached hydrogen (secondary N) is 3. The SMILES string of the molecule is Cn1cccc1CNCCC[C@H](NC(=O)c1ccc(CNC(=O)OC(C)(C)C)cc1)C(=O)O. The van der Waals surface area contributed by atoms with Crippen molar-refractivity contribution in [1.29, 1.82) is 0 Å². The van der Waals surface area contributed by atoms with Crippen molar-refractivity contribution in [2.45, 2.75) is 58.3 Å². The van der Waals surface area contributed by atoms with Crippen LogP contribution in [0.1, 0.15) is 55.2 Å². The highest BCUT2D eigenvalue weighted by atomic mass is 16.6. The van der Waals surface area contributed by atoms with Crippen LogP contribution in [0.4, 0.5) is 4.79 Å². The average molecular weight is 459 g/mol. The smallest absolute Gasteiger partial charge is 0.407 e. The molecule has 0 aliphatic heterocycles. The summed E-state index contributed by atoms with van der Waals surface area (Å²) in [4.78, 5) is 35.8. The predicted molar refractivity (Wildman–Crippen MR) is 125 cm³/mol. The number of alkyl carbamates (subject to hydrolysis) is 1. The van der Waals surface area contributed by atoms with E-state index in [2.05, 4.69) is 16.0 Å². The Labute approximate surface area is 194 Å². The van der Waals surface area contributed by atoms with E-state index in [-0.39, 0.29) is 6.54 Å². The summed E-state index contributed by atoms with van der Waals surface area (Å²) in [5, 5.41) is 18.0. The Balaban J connectivity index is 1.77. The van der Waals surface area contributed by atoms with Gasteiger partial charge in [-0.1, -0.05) is 12.1 Å². The molecule has 1 atom stereocenters. The summed E-state index contributed by atoms with van der Waals surface area (Å²) in [5.41, 5.74) is 1.70. The summed E-state index contributed by atoms with van der Waals surface area (Å²) < 4.78 is 7.20. The first-order valence-electron chi connectivity index (χ1n) is 11.0. The molecule has 4 N–H and O–H groups in total. The lowest BCUT2D eigenvalue weighted by atomic mass is 10.1. The van der Waals surface area contributed by atoms with E-state index in [0.717, 1.165) is 11.3 Å². The number of carbonyl (C=O) groups excluding carboxylic acids is 2. The van der Waals surface area contributed by atoms with Crippen LogP contribution in [-0.2, 0) is 29.7 Å². The van der Waals surface area contributed by atoms with Crippen molar-refractivity contribution in [3.8, 4) is 0 Å². The zero-order chi connectivity index (χ0) is 24.4. The van der Waals surface area contributed by atoms with Gasteiger partial charge < -0.3 is 30.4 Å². The molecule has 0 aliphatic carbocycles. The largest absolute Gasteiger partial charge is 0.480 e. The number of ether oxygens (including phenoxy) is 1. The average Bonchev–Trinajstić information content (AvgIpc) is 3.14. The van der Waals surface area contributed by atoms with Crippen LogP contribution < -0.4 is 16.0 Å². The number of rotatable bonds is 11. The van der Waals surface area contributed by atoms with Gasteiger partial charge in [-0.3, -0.25) is 4.79 Å². The summed E-state index contributed by atoms with van der Waals surface area (Å²) in [7, 11) is 1.97. The summed E-state index contributed by atoms with van der Waals surface area (Å²) in [6.07, 6.45) is 2.37. The zero-order valence-corrected chi connectivity index (χ0v) is 19.7. The van der Waals surface area contributed by atoms with Crippen molar-refractivity contribution in [3.63, 3.8) is 0 Å². The number of aliphatic carboxylic acids is 1. The van der Waals surface area contributed by atoms with E-state index >= 15 is 0 Å². The highest BCUT2D eigenvalue weighted by Crippen LogP contribution is 2.09. The molecule has 0 saturated heterocycles. The second-order valence-corrected chi connectivity index (χ2v) is 8.85. The maximum atomic E-state index is 12.5. The first kappa shape index (κ1) is 25.9. The minimum absolute atomic E-state index is 0.254. The Morgan fingerprint density at radius 2 is 1.79 bits per heavy atom. The number of hydrogen-bond donors (Lipinski definition) is 4.